The van der Waals surface area contributed by atoms with Gasteiger partial charge >= 0.3 is 0 Å². The second-order valence-corrected chi connectivity index (χ2v) is 8.33. The van der Waals surface area contributed by atoms with Crippen molar-refractivity contribution in [1.82, 2.24) is 0 Å². The maximum atomic E-state index is 12.9. The standard InChI is InChI=1S/C25H24O3/c26-23-21(19-13-11-15-7-3-1-5-9-17(15)19)24(27)25(28)22(23)20-14-12-16-8-4-2-6-10-18(16)20/h1,3,5,7,9,12-16,18,26H,2,4,6,8,10-11H2/b22-20+. The van der Waals surface area contributed by atoms with Gasteiger partial charge in [-0.05, 0) is 47.8 Å². The SMILES string of the molecule is O=C1C(=O)/C(=C2\C=CC3CCCCCC23)C(O)=C1C1=CCC2C=CC=CC=C12. The second kappa shape index (κ2) is 6.73. The summed E-state index contributed by atoms with van der Waals surface area (Å²) >= 11 is 0. The first kappa shape index (κ1) is 17.4. The first-order valence-electron chi connectivity index (χ1n) is 10.4. The highest BCUT2D eigenvalue weighted by Crippen LogP contribution is 2.46. The molecule has 0 aromatic carbocycles. The molecule has 28 heavy (non-hydrogen) atoms. The summed E-state index contributed by atoms with van der Waals surface area (Å²) in [7, 11) is 0. The van der Waals surface area contributed by atoms with Gasteiger partial charge in [-0.15, -0.1) is 0 Å². The number of carbonyl (C=O) groups is 2. The molecule has 0 spiro atoms. The molecule has 3 atom stereocenters. The molecule has 1 saturated carbocycles. The third kappa shape index (κ3) is 2.56. The van der Waals surface area contributed by atoms with Crippen molar-refractivity contribution in [3.05, 3.63) is 82.2 Å². The van der Waals surface area contributed by atoms with Gasteiger partial charge in [-0.25, -0.2) is 0 Å². The van der Waals surface area contributed by atoms with Gasteiger partial charge in [0, 0.05) is 5.92 Å². The number of Topliss-reactive ketones (excluding diaryl/α,β-unsaturated/α-hetero) is 2. The van der Waals surface area contributed by atoms with E-state index >= 15 is 0 Å². The van der Waals surface area contributed by atoms with Crippen molar-refractivity contribution in [1.29, 1.82) is 0 Å². The topological polar surface area (TPSA) is 54.4 Å². The summed E-state index contributed by atoms with van der Waals surface area (Å²) in [6, 6.07) is 0. The van der Waals surface area contributed by atoms with E-state index in [-0.39, 0.29) is 28.7 Å². The lowest BCUT2D eigenvalue weighted by atomic mass is 9.85. The fraction of sp³-hybridized carbons (Fsp3) is 0.360. The van der Waals surface area contributed by atoms with E-state index in [4.69, 9.17) is 0 Å². The molecular weight excluding hydrogens is 348 g/mol. The molecule has 3 nitrogen and oxygen atoms in total. The zero-order valence-electron chi connectivity index (χ0n) is 15.9. The number of aliphatic hydroxyl groups is 1. The molecule has 1 N–H and O–H groups in total. The molecule has 3 heteroatoms. The number of fused-ring (bicyclic) bond motifs is 2. The average Bonchev–Trinajstić information content (AvgIpc) is 3.16. The van der Waals surface area contributed by atoms with Gasteiger partial charge in [-0.2, -0.15) is 0 Å². The van der Waals surface area contributed by atoms with E-state index < -0.39 is 11.6 Å². The maximum Gasteiger partial charge on any atom is 0.238 e. The van der Waals surface area contributed by atoms with Crippen molar-refractivity contribution >= 4 is 11.6 Å². The lowest BCUT2D eigenvalue weighted by Crippen LogP contribution is -2.16. The highest BCUT2D eigenvalue weighted by Gasteiger charge is 2.44. The second-order valence-electron chi connectivity index (χ2n) is 8.33. The molecule has 0 aromatic heterocycles. The van der Waals surface area contributed by atoms with Crippen LogP contribution in [0.1, 0.15) is 38.5 Å². The average molecular weight is 372 g/mol. The molecule has 5 aliphatic carbocycles. The van der Waals surface area contributed by atoms with E-state index in [2.05, 4.69) is 12.2 Å². The number of carbonyl (C=O) groups excluding carboxylic acids is 2. The number of allylic oxidation sites excluding steroid dienone is 13. The summed E-state index contributed by atoms with van der Waals surface area (Å²) in [4.78, 5) is 25.9. The van der Waals surface area contributed by atoms with Gasteiger partial charge in [-0.1, -0.05) is 67.9 Å². The number of ketones is 2. The molecular formula is C25H24O3. The lowest BCUT2D eigenvalue weighted by molar-refractivity contribution is -0.131. The van der Waals surface area contributed by atoms with Crippen LogP contribution in [0.5, 0.6) is 0 Å². The Morgan fingerprint density at radius 3 is 2.61 bits per heavy atom. The van der Waals surface area contributed by atoms with Crippen LogP contribution < -0.4 is 0 Å². The van der Waals surface area contributed by atoms with Gasteiger partial charge in [0.05, 0.1) is 11.1 Å². The fourth-order valence-corrected chi connectivity index (χ4v) is 5.41. The summed E-state index contributed by atoms with van der Waals surface area (Å²) in [5.41, 5.74) is 3.08. The zero-order chi connectivity index (χ0) is 19.3. The molecule has 1 fully saturated rings. The Morgan fingerprint density at radius 1 is 0.893 bits per heavy atom. The van der Waals surface area contributed by atoms with Crippen molar-refractivity contribution in [2.24, 2.45) is 17.8 Å². The summed E-state index contributed by atoms with van der Waals surface area (Å²) in [6.07, 6.45) is 22.6. The first-order chi connectivity index (χ1) is 13.7. The number of hydrogen-bond donors (Lipinski definition) is 1. The van der Waals surface area contributed by atoms with Crippen molar-refractivity contribution in [3.63, 3.8) is 0 Å². The summed E-state index contributed by atoms with van der Waals surface area (Å²) in [6.45, 7) is 0. The maximum absolute atomic E-state index is 12.9. The molecule has 0 aromatic rings. The number of hydrogen-bond acceptors (Lipinski definition) is 3. The highest BCUT2D eigenvalue weighted by atomic mass is 16.3. The van der Waals surface area contributed by atoms with Gasteiger partial charge in [0.15, 0.2) is 0 Å². The molecule has 142 valence electrons. The highest BCUT2D eigenvalue weighted by molar-refractivity contribution is 6.54. The molecule has 0 heterocycles. The minimum absolute atomic E-state index is 0.107. The van der Waals surface area contributed by atoms with Crippen LogP contribution in [0.4, 0.5) is 0 Å². The first-order valence-corrected chi connectivity index (χ1v) is 10.4. The third-order valence-corrected chi connectivity index (χ3v) is 6.81. The molecule has 3 unspecified atom stereocenters. The van der Waals surface area contributed by atoms with Crippen LogP contribution in [0.3, 0.4) is 0 Å². The quantitative estimate of drug-likeness (QED) is 0.520. The van der Waals surface area contributed by atoms with Crippen LogP contribution in [0.2, 0.25) is 0 Å². The van der Waals surface area contributed by atoms with E-state index in [0.717, 1.165) is 42.4 Å². The molecule has 0 bridgehead atoms. The molecule has 5 rings (SSSR count). The van der Waals surface area contributed by atoms with Gasteiger partial charge in [0.25, 0.3) is 0 Å². The molecule has 0 radical (unpaired) electrons. The smallest absolute Gasteiger partial charge is 0.238 e. The van der Waals surface area contributed by atoms with Gasteiger partial charge in [0.2, 0.25) is 11.6 Å². The minimum Gasteiger partial charge on any atom is -0.506 e. The van der Waals surface area contributed by atoms with Crippen molar-refractivity contribution < 1.29 is 14.7 Å². The number of rotatable bonds is 1. The van der Waals surface area contributed by atoms with Crippen LogP contribution in [0, 0.1) is 17.8 Å². The molecule has 0 aliphatic heterocycles. The number of aliphatic hydroxyl groups excluding tert-OH is 1. The Morgan fingerprint density at radius 2 is 1.71 bits per heavy atom. The van der Waals surface area contributed by atoms with E-state index in [1.807, 2.05) is 36.5 Å². The van der Waals surface area contributed by atoms with E-state index in [1.54, 1.807) is 0 Å². The largest absolute Gasteiger partial charge is 0.506 e. The Balaban J connectivity index is 1.60. The van der Waals surface area contributed by atoms with Crippen molar-refractivity contribution in [3.8, 4) is 0 Å². The van der Waals surface area contributed by atoms with E-state index in [9.17, 15) is 14.7 Å². The predicted molar refractivity (Wildman–Crippen MR) is 108 cm³/mol. The van der Waals surface area contributed by atoms with Gasteiger partial charge in [-0.3, -0.25) is 9.59 Å². The molecule has 0 saturated heterocycles. The third-order valence-electron chi connectivity index (χ3n) is 6.81. The van der Waals surface area contributed by atoms with Crippen molar-refractivity contribution in [2.75, 3.05) is 0 Å². The van der Waals surface area contributed by atoms with E-state index in [1.165, 1.54) is 12.8 Å². The fourth-order valence-electron chi connectivity index (χ4n) is 5.41. The Hall–Kier alpha value is -2.68. The van der Waals surface area contributed by atoms with Crippen LogP contribution >= 0.6 is 0 Å². The normalized spacial score (nSPS) is 34.4. The predicted octanol–water partition coefficient (Wildman–Crippen LogP) is 5.01. The minimum atomic E-state index is -0.560. The summed E-state index contributed by atoms with van der Waals surface area (Å²) < 4.78 is 0. The van der Waals surface area contributed by atoms with Gasteiger partial charge < -0.3 is 5.11 Å². The van der Waals surface area contributed by atoms with Crippen LogP contribution in [0.25, 0.3) is 0 Å². The summed E-state index contributed by atoms with van der Waals surface area (Å²) in [5, 5.41) is 11.1. The van der Waals surface area contributed by atoms with Crippen molar-refractivity contribution in [2.45, 2.75) is 38.5 Å². The van der Waals surface area contributed by atoms with Crippen LogP contribution in [0.15, 0.2) is 82.2 Å². The van der Waals surface area contributed by atoms with Gasteiger partial charge in [0.1, 0.15) is 5.76 Å². The molecule has 5 aliphatic rings. The molecule has 0 amide bonds. The Labute approximate surface area is 165 Å². The zero-order valence-corrected chi connectivity index (χ0v) is 15.9. The van der Waals surface area contributed by atoms with Crippen LogP contribution in [-0.2, 0) is 9.59 Å². The lowest BCUT2D eigenvalue weighted by Gasteiger charge is -2.18. The van der Waals surface area contributed by atoms with E-state index in [0.29, 0.717) is 5.92 Å². The van der Waals surface area contributed by atoms with Crippen LogP contribution in [-0.4, -0.2) is 16.7 Å². The Kier molecular flexibility index (Phi) is 4.19. The Bertz CT molecular complexity index is 977. The summed E-state index contributed by atoms with van der Waals surface area (Å²) in [5.74, 6) is -0.326. The monoisotopic (exact) mass is 372 g/mol.